The fourth-order valence-electron chi connectivity index (χ4n) is 4.15. The Bertz CT molecular complexity index is 956. The molecule has 178 valence electrons. The van der Waals surface area contributed by atoms with Gasteiger partial charge in [-0.25, -0.2) is 8.78 Å². The maximum absolute atomic E-state index is 14.2. The molecule has 2 aromatic rings. The second kappa shape index (κ2) is 10.8. The normalized spacial score (nSPS) is 21.7. The van der Waals surface area contributed by atoms with Crippen molar-refractivity contribution in [3.05, 3.63) is 64.7 Å². The van der Waals surface area contributed by atoms with Gasteiger partial charge in [0.25, 0.3) is 0 Å². The van der Waals surface area contributed by atoms with Gasteiger partial charge < -0.3 is 19.1 Å². The number of rotatable bonds is 7. The second-order valence-corrected chi connectivity index (χ2v) is 8.83. The van der Waals surface area contributed by atoms with E-state index in [0.717, 1.165) is 12.1 Å². The first kappa shape index (κ1) is 23.9. The minimum absolute atomic E-state index is 0.0446. The summed E-state index contributed by atoms with van der Waals surface area (Å²) in [5.74, 6) is -0.388. The Hall–Kier alpha value is -2.26. The predicted octanol–water partition coefficient (Wildman–Crippen LogP) is 3.52. The van der Waals surface area contributed by atoms with E-state index in [4.69, 9.17) is 25.8 Å². The molecule has 0 aliphatic carbocycles. The molecule has 2 aliphatic heterocycles. The molecular weight excluding hydrogens is 454 g/mol. The molecule has 2 aliphatic rings. The van der Waals surface area contributed by atoms with E-state index < -0.39 is 17.2 Å². The van der Waals surface area contributed by atoms with Crippen molar-refractivity contribution in [2.45, 2.75) is 18.6 Å². The summed E-state index contributed by atoms with van der Waals surface area (Å²) in [6, 6.07) is 10.4. The third kappa shape index (κ3) is 6.41. The average molecular weight is 481 g/mol. The van der Waals surface area contributed by atoms with Gasteiger partial charge in [0.05, 0.1) is 26.2 Å². The molecule has 2 aromatic carbocycles. The van der Waals surface area contributed by atoms with E-state index in [-0.39, 0.29) is 31.0 Å². The van der Waals surface area contributed by atoms with Crippen molar-refractivity contribution in [2.24, 2.45) is 0 Å². The molecule has 2 fully saturated rings. The highest BCUT2D eigenvalue weighted by Crippen LogP contribution is 2.27. The molecule has 0 spiro atoms. The molecule has 4 rings (SSSR count). The number of hydrogen-bond acceptors (Lipinski definition) is 5. The van der Waals surface area contributed by atoms with E-state index in [2.05, 4.69) is 0 Å². The molecule has 33 heavy (non-hydrogen) atoms. The zero-order valence-corrected chi connectivity index (χ0v) is 19.0. The SMILES string of the molecule is O=C(C[C@@]1(COc2ccc(Cl)cc2)CN(Cc2cc(F)ccc2F)CCO1)N1CCOCC1. The van der Waals surface area contributed by atoms with E-state index in [1.165, 1.54) is 6.07 Å². The molecule has 0 unspecified atom stereocenters. The molecule has 1 atom stereocenters. The molecule has 0 saturated carbocycles. The largest absolute Gasteiger partial charge is 0.491 e. The van der Waals surface area contributed by atoms with Crippen molar-refractivity contribution in [1.29, 1.82) is 0 Å². The van der Waals surface area contributed by atoms with Gasteiger partial charge in [0, 0.05) is 43.3 Å². The standard InChI is InChI=1S/C24H27ClF2N2O4/c25-19-1-4-21(5-2-19)32-17-24(14-23(30)29-8-10-31-11-9-29)16-28(7-12-33-24)15-18-13-20(26)3-6-22(18)27/h1-6,13H,7-12,14-17H2/t24-/m0/s1. The summed E-state index contributed by atoms with van der Waals surface area (Å²) in [5.41, 5.74) is -0.666. The fourth-order valence-corrected chi connectivity index (χ4v) is 4.28. The number of hydrogen-bond donors (Lipinski definition) is 0. The number of nitrogens with zero attached hydrogens (tertiary/aromatic N) is 2. The highest BCUT2D eigenvalue weighted by molar-refractivity contribution is 6.30. The van der Waals surface area contributed by atoms with Gasteiger partial charge in [0.15, 0.2) is 0 Å². The van der Waals surface area contributed by atoms with Gasteiger partial charge in [-0.15, -0.1) is 0 Å². The van der Waals surface area contributed by atoms with E-state index in [0.29, 0.717) is 56.8 Å². The number of benzene rings is 2. The lowest BCUT2D eigenvalue weighted by atomic mass is 9.96. The maximum Gasteiger partial charge on any atom is 0.225 e. The summed E-state index contributed by atoms with van der Waals surface area (Å²) in [5, 5.41) is 0.594. The molecule has 2 heterocycles. The van der Waals surface area contributed by atoms with E-state index in [1.54, 1.807) is 29.2 Å². The van der Waals surface area contributed by atoms with Crippen LogP contribution < -0.4 is 4.74 Å². The Morgan fingerprint density at radius 3 is 2.58 bits per heavy atom. The molecule has 9 heteroatoms. The van der Waals surface area contributed by atoms with Crippen molar-refractivity contribution in [3.8, 4) is 5.75 Å². The van der Waals surface area contributed by atoms with Crippen molar-refractivity contribution in [3.63, 3.8) is 0 Å². The molecule has 0 N–H and O–H groups in total. The molecular formula is C24H27ClF2N2O4. The van der Waals surface area contributed by atoms with Crippen molar-refractivity contribution in [1.82, 2.24) is 9.80 Å². The summed E-state index contributed by atoms with van der Waals surface area (Å²) in [6.07, 6.45) is 0.114. The predicted molar refractivity (Wildman–Crippen MR) is 119 cm³/mol. The first-order chi connectivity index (χ1) is 15.9. The molecule has 6 nitrogen and oxygen atoms in total. The second-order valence-electron chi connectivity index (χ2n) is 8.39. The molecule has 2 saturated heterocycles. The van der Waals surface area contributed by atoms with E-state index >= 15 is 0 Å². The quantitative estimate of drug-likeness (QED) is 0.607. The van der Waals surface area contributed by atoms with Crippen LogP contribution in [0.4, 0.5) is 8.78 Å². The van der Waals surface area contributed by atoms with Gasteiger partial charge >= 0.3 is 0 Å². The number of ether oxygens (including phenoxy) is 3. The minimum atomic E-state index is -0.933. The highest BCUT2D eigenvalue weighted by atomic mass is 35.5. The number of halogens is 3. The summed E-state index contributed by atoms with van der Waals surface area (Å²) in [7, 11) is 0. The Kier molecular flexibility index (Phi) is 7.80. The lowest BCUT2D eigenvalue weighted by Gasteiger charge is -2.43. The van der Waals surface area contributed by atoms with Crippen LogP contribution in [-0.4, -0.2) is 73.9 Å². The Labute approximate surface area is 197 Å². The van der Waals surface area contributed by atoms with Crippen LogP contribution in [-0.2, 0) is 20.8 Å². The average Bonchev–Trinajstić information content (AvgIpc) is 2.82. The van der Waals surface area contributed by atoms with Crippen LogP contribution in [0.15, 0.2) is 42.5 Å². The molecule has 0 bridgehead atoms. The van der Waals surface area contributed by atoms with Gasteiger partial charge in [0.2, 0.25) is 5.91 Å². The van der Waals surface area contributed by atoms with Crippen molar-refractivity contribution >= 4 is 17.5 Å². The van der Waals surface area contributed by atoms with Gasteiger partial charge in [-0.3, -0.25) is 9.69 Å². The third-order valence-corrected chi connectivity index (χ3v) is 6.13. The first-order valence-electron chi connectivity index (χ1n) is 11.0. The van der Waals surface area contributed by atoms with Crippen LogP contribution in [0.3, 0.4) is 0 Å². The lowest BCUT2D eigenvalue weighted by molar-refractivity contribution is -0.159. The van der Waals surface area contributed by atoms with Crippen LogP contribution in [0, 0.1) is 11.6 Å². The van der Waals surface area contributed by atoms with Crippen molar-refractivity contribution in [2.75, 3.05) is 52.6 Å². The minimum Gasteiger partial charge on any atom is -0.491 e. The monoisotopic (exact) mass is 480 g/mol. The van der Waals surface area contributed by atoms with Crippen LogP contribution in [0.25, 0.3) is 0 Å². The summed E-state index contributed by atoms with van der Waals surface area (Å²) < 4.78 is 45.4. The number of amides is 1. The third-order valence-electron chi connectivity index (χ3n) is 5.88. The first-order valence-corrected chi connectivity index (χ1v) is 11.3. The highest BCUT2D eigenvalue weighted by Gasteiger charge is 2.41. The van der Waals surface area contributed by atoms with Crippen LogP contribution in [0.2, 0.25) is 5.02 Å². The number of carbonyl (C=O) groups is 1. The van der Waals surface area contributed by atoms with Crippen LogP contribution >= 0.6 is 11.6 Å². The van der Waals surface area contributed by atoms with E-state index in [1.807, 2.05) is 4.90 Å². The number of carbonyl (C=O) groups excluding carboxylic acids is 1. The van der Waals surface area contributed by atoms with Crippen LogP contribution in [0.5, 0.6) is 5.75 Å². The van der Waals surface area contributed by atoms with E-state index in [9.17, 15) is 13.6 Å². The Morgan fingerprint density at radius 2 is 1.82 bits per heavy atom. The topological polar surface area (TPSA) is 51.2 Å². The molecule has 1 amide bonds. The zero-order valence-electron chi connectivity index (χ0n) is 18.3. The smallest absolute Gasteiger partial charge is 0.225 e. The van der Waals surface area contributed by atoms with Gasteiger partial charge in [-0.1, -0.05) is 11.6 Å². The maximum atomic E-state index is 14.2. The zero-order chi connectivity index (χ0) is 23.3. The number of morpholine rings is 2. The summed E-state index contributed by atoms with van der Waals surface area (Å²) in [4.78, 5) is 16.8. The Morgan fingerprint density at radius 1 is 1.06 bits per heavy atom. The van der Waals surface area contributed by atoms with Crippen molar-refractivity contribution < 1.29 is 27.8 Å². The Balaban J connectivity index is 1.50. The lowest BCUT2D eigenvalue weighted by Crippen LogP contribution is -2.57. The van der Waals surface area contributed by atoms with Gasteiger partial charge in [0.1, 0.15) is 29.6 Å². The van der Waals surface area contributed by atoms with Gasteiger partial charge in [-0.2, -0.15) is 0 Å². The summed E-state index contributed by atoms with van der Waals surface area (Å²) in [6.45, 7) is 3.64. The molecule has 0 radical (unpaired) electrons. The fraction of sp³-hybridized carbons (Fsp3) is 0.458. The summed E-state index contributed by atoms with van der Waals surface area (Å²) >= 11 is 5.96. The van der Waals surface area contributed by atoms with Gasteiger partial charge in [-0.05, 0) is 42.5 Å². The molecule has 0 aromatic heterocycles. The van der Waals surface area contributed by atoms with Crippen LogP contribution in [0.1, 0.15) is 12.0 Å².